The number of alkyl halides is 3. The topological polar surface area (TPSA) is 155 Å². The van der Waals surface area contributed by atoms with Gasteiger partial charge in [0.15, 0.2) is 5.82 Å². The van der Waals surface area contributed by atoms with Crippen LogP contribution in [0.1, 0.15) is 0 Å². The highest BCUT2D eigenvalue weighted by Gasteiger charge is 2.26. The van der Waals surface area contributed by atoms with Crippen molar-refractivity contribution in [3.63, 3.8) is 0 Å². The average Bonchev–Trinajstić information content (AvgIpc) is 3.32. The SMILES string of the molecule is C=CC(=O)Nc1cc(Nc2nccc(-c3cn(C)c4ccccc34)n2)c(OC(F)C(F)F)nc1N(C)CCN(C)C.CS(=O)(=O)O. The van der Waals surface area contributed by atoms with Gasteiger partial charge in [-0.05, 0) is 38.4 Å². The Morgan fingerprint density at radius 3 is 2.43 bits per heavy atom. The van der Waals surface area contributed by atoms with E-state index in [1.165, 1.54) is 12.3 Å². The second-order valence-corrected chi connectivity index (χ2v) is 11.7. The molecule has 1 aromatic carbocycles. The van der Waals surface area contributed by atoms with E-state index in [0.717, 1.165) is 22.5 Å². The van der Waals surface area contributed by atoms with E-state index in [1.54, 1.807) is 18.0 Å². The van der Waals surface area contributed by atoms with Gasteiger partial charge in [-0.15, -0.1) is 0 Å². The summed E-state index contributed by atoms with van der Waals surface area (Å²) in [5.74, 6) is -0.738. The molecule has 0 radical (unpaired) electrons. The molecule has 0 aliphatic carbocycles. The van der Waals surface area contributed by atoms with E-state index < -0.39 is 34.7 Å². The fraction of sp³-hybridized carbons (Fsp3) is 0.310. The molecule has 0 saturated heterocycles. The monoisotopic (exact) mass is 664 g/mol. The third-order valence-corrected chi connectivity index (χ3v) is 6.15. The number of hydrogen-bond donors (Lipinski definition) is 3. The van der Waals surface area contributed by atoms with E-state index in [9.17, 15) is 26.4 Å². The van der Waals surface area contributed by atoms with E-state index in [1.807, 2.05) is 61.1 Å². The van der Waals surface area contributed by atoms with Crippen LogP contribution in [0.5, 0.6) is 5.88 Å². The molecule has 17 heteroatoms. The molecule has 0 saturated carbocycles. The number of rotatable bonds is 12. The summed E-state index contributed by atoms with van der Waals surface area (Å²) in [6, 6.07) is 11.0. The highest BCUT2D eigenvalue weighted by atomic mass is 32.2. The van der Waals surface area contributed by atoms with Gasteiger partial charge in [0.2, 0.25) is 17.7 Å². The Morgan fingerprint density at radius 2 is 1.80 bits per heavy atom. The maximum absolute atomic E-state index is 14.1. The molecule has 3 heterocycles. The number of aryl methyl sites for hydroxylation is 1. The van der Waals surface area contributed by atoms with Crippen molar-refractivity contribution in [1.82, 2.24) is 24.4 Å². The van der Waals surface area contributed by atoms with Gasteiger partial charge in [-0.25, -0.2) is 18.7 Å². The Kier molecular flexibility index (Phi) is 12.0. The number of hydrogen-bond acceptors (Lipinski definition) is 10. The van der Waals surface area contributed by atoms with Crippen LogP contribution in [0.3, 0.4) is 0 Å². The molecule has 1 amide bonds. The number of fused-ring (bicyclic) bond motifs is 1. The summed E-state index contributed by atoms with van der Waals surface area (Å²) in [4.78, 5) is 29.0. The van der Waals surface area contributed by atoms with Crippen LogP contribution in [0.4, 0.5) is 36.3 Å². The van der Waals surface area contributed by atoms with Gasteiger partial charge in [0.1, 0.15) is 5.69 Å². The van der Waals surface area contributed by atoms with Crippen molar-refractivity contribution in [3.8, 4) is 17.1 Å². The van der Waals surface area contributed by atoms with Crippen LogP contribution in [-0.2, 0) is 22.0 Å². The van der Waals surface area contributed by atoms with Crippen LogP contribution in [0.2, 0.25) is 0 Å². The van der Waals surface area contributed by atoms with Crippen molar-refractivity contribution in [3.05, 3.63) is 61.4 Å². The molecule has 13 nitrogen and oxygen atoms in total. The van der Waals surface area contributed by atoms with Gasteiger partial charge in [0.25, 0.3) is 16.5 Å². The molecule has 1 atom stereocenters. The lowest BCUT2D eigenvalue weighted by molar-refractivity contribution is -0.111. The average molecular weight is 665 g/mol. The fourth-order valence-electron chi connectivity index (χ4n) is 4.08. The number of benzene rings is 1. The number of ether oxygens (including phenoxy) is 1. The lowest BCUT2D eigenvalue weighted by Crippen LogP contribution is -2.30. The van der Waals surface area contributed by atoms with E-state index in [0.29, 0.717) is 25.0 Å². The number of para-hydroxylation sites is 1. The highest BCUT2D eigenvalue weighted by Crippen LogP contribution is 2.36. The number of nitrogens with one attached hydrogen (secondary N) is 2. The van der Waals surface area contributed by atoms with Gasteiger partial charge < -0.3 is 29.7 Å². The molecular weight excluding hydrogens is 629 g/mol. The molecule has 0 aliphatic rings. The molecule has 3 N–H and O–H groups in total. The zero-order valence-electron chi connectivity index (χ0n) is 25.8. The van der Waals surface area contributed by atoms with Gasteiger partial charge in [-0.2, -0.15) is 17.8 Å². The molecule has 0 spiro atoms. The van der Waals surface area contributed by atoms with Crippen molar-refractivity contribution < 1.29 is 35.7 Å². The number of aromatic nitrogens is 4. The van der Waals surface area contributed by atoms with Crippen molar-refractivity contribution >= 4 is 50.1 Å². The molecule has 4 rings (SSSR count). The first kappa shape index (κ1) is 35.7. The number of halogens is 3. The zero-order chi connectivity index (χ0) is 34.2. The summed E-state index contributed by atoms with van der Waals surface area (Å²) in [5, 5.41) is 6.53. The molecule has 4 aromatic rings. The molecule has 248 valence electrons. The quantitative estimate of drug-likeness (QED) is 0.146. The van der Waals surface area contributed by atoms with Crippen LogP contribution >= 0.6 is 0 Å². The van der Waals surface area contributed by atoms with Crippen molar-refractivity contribution in [2.24, 2.45) is 7.05 Å². The molecule has 0 fully saturated rings. The summed E-state index contributed by atoms with van der Waals surface area (Å²) < 4.78 is 73.2. The Hall–Kier alpha value is -4.74. The van der Waals surface area contributed by atoms with Gasteiger partial charge >= 0.3 is 6.43 Å². The number of carbonyl (C=O) groups excluding carboxylic acids is 1. The van der Waals surface area contributed by atoms with Crippen molar-refractivity contribution in [2.75, 3.05) is 56.0 Å². The third-order valence-electron chi connectivity index (χ3n) is 6.15. The molecule has 0 bridgehead atoms. The Bertz CT molecular complexity index is 1780. The second-order valence-electron chi connectivity index (χ2n) is 10.2. The minimum atomic E-state index is -3.67. The van der Waals surface area contributed by atoms with E-state index in [-0.39, 0.29) is 23.1 Å². The first-order chi connectivity index (χ1) is 21.6. The number of anilines is 4. The lowest BCUT2D eigenvalue weighted by Gasteiger charge is -2.25. The minimum absolute atomic E-state index is 0.0347. The summed E-state index contributed by atoms with van der Waals surface area (Å²) >= 11 is 0. The molecule has 46 heavy (non-hydrogen) atoms. The van der Waals surface area contributed by atoms with Crippen LogP contribution < -0.4 is 20.3 Å². The van der Waals surface area contributed by atoms with E-state index in [2.05, 4.69) is 32.2 Å². The summed E-state index contributed by atoms with van der Waals surface area (Å²) in [6.45, 7) is 4.53. The van der Waals surface area contributed by atoms with Gasteiger partial charge in [0.05, 0.1) is 17.6 Å². The zero-order valence-corrected chi connectivity index (χ0v) is 26.6. The van der Waals surface area contributed by atoms with E-state index >= 15 is 0 Å². The fourth-order valence-corrected chi connectivity index (χ4v) is 4.08. The second kappa shape index (κ2) is 15.5. The number of likely N-dealkylation sites (N-methyl/N-ethyl adjacent to an activating group) is 2. The summed E-state index contributed by atoms with van der Waals surface area (Å²) in [6.07, 6.45) is -1.10. The van der Waals surface area contributed by atoms with Gasteiger partial charge in [-0.3, -0.25) is 9.35 Å². The summed E-state index contributed by atoms with van der Waals surface area (Å²) in [5.41, 5.74) is 2.62. The molecule has 3 aromatic heterocycles. The van der Waals surface area contributed by atoms with Crippen molar-refractivity contribution in [2.45, 2.75) is 12.8 Å². The van der Waals surface area contributed by atoms with Crippen LogP contribution in [0, 0.1) is 0 Å². The normalized spacial score (nSPS) is 12.0. The third kappa shape index (κ3) is 10.1. The maximum Gasteiger partial charge on any atom is 0.304 e. The van der Waals surface area contributed by atoms with Gasteiger partial charge in [0, 0.05) is 56.0 Å². The largest absolute Gasteiger partial charge is 0.435 e. The smallest absolute Gasteiger partial charge is 0.304 e. The predicted molar refractivity (Wildman–Crippen MR) is 171 cm³/mol. The Morgan fingerprint density at radius 1 is 1.13 bits per heavy atom. The van der Waals surface area contributed by atoms with Crippen LogP contribution in [0.25, 0.3) is 22.2 Å². The van der Waals surface area contributed by atoms with Crippen molar-refractivity contribution in [1.29, 1.82) is 0 Å². The molecular formula is C29H35F3N8O5S. The maximum atomic E-state index is 14.1. The number of pyridine rings is 1. The first-order valence-electron chi connectivity index (χ1n) is 13.6. The van der Waals surface area contributed by atoms with Crippen LogP contribution in [-0.4, -0.2) is 96.6 Å². The van der Waals surface area contributed by atoms with Crippen LogP contribution in [0.15, 0.2) is 61.4 Å². The summed E-state index contributed by atoms with van der Waals surface area (Å²) in [7, 11) is 3.72. The van der Waals surface area contributed by atoms with Gasteiger partial charge in [-0.1, -0.05) is 24.8 Å². The number of amides is 1. The lowest BCUT2D eigenvalue weighted by atomic mass is 10.1. The number of carbonyl (C=O) groups is 1. The molecule has 1 unspecified atom stereocenters. The Balaban J connectivity index is 0.00000107. The van der Waals surface area contributed by atoms with E-state index in [4.69, 9.17) is 9.29 Å². The Labute approximate surface area is 264 Å². The standard InChI is InChI=1S/C28H31F3N8O2.CH4O3S/c1-6-23(40)33-20-15-21(27(41-25(31)24(29)30)36-26(20)38(4)14-13-37(2)3)35-28-32-12-11-19(34-28)18-16-39(5)22-10-8-7-9-17(18)22;1-5(2,3)4/h6-12,15-16,24-25H,1,13-14H2,2-5H3,(H,33,40)(H,32,34,35);1H3,(H,2,3,4). The minimum Gasteiger partial charge on any atom is -0.435 e. The molecule has 0 aliphatic heterocycles. The first-order valence-corrected chi connectivity index (χ1v) is 15.4. The number of nitrogens with zero attached hydrogens (tertiary/aromatic N) is 6. The highest BCUT2D eigenvalue weighted by molar-refractivity contribution is 7.85. The predicted octanol–water partition coefficient (Wildman–Crippen LogP) is 4.34.